The summed E-state index contributed by atoms with van der Waals surface area (Å²) in [5.74, 6) is -0.475. The fourth-order valence-electron chi connectivity index (χ4n) is 1.62. The Labute approximate surface area is 109 Å². The first-order valence-electron chi connectivity index (χ1n) is 6.37. The number of rotatable bonds is 5. The van der Waals surface area contributed by atoms with Gasteiger partial charge in [0.05, 0.1) is 6.61 Å². The maximum Gasteiger partial charge on any atom is 0.339 e. The van der Waals surface area contributed by atoms with Crippen LogP contribution in [-0.4, -0.2) is 17.7 Å². The topological polar surface area (TPSA) is 46.5 Å². The molecule has 0 aromatic heterocycles. The van der Waals surface area contributed by atoms with Crippen molar-refractivity contribution in [2.45, 2.75) is 46.0 Å². The van der Waals surface area contributed by atoms with Crippen LogP contribution in [0.2, 0.25) is 0 Å². The molecule has 100 valence electrons. The molecule has 1 aromatic rings. The van der Waals surface area contributed by atoms with Crippen LogP contribution in [0.1, 0.15) is 56.5 Å². The molecule has 0 bridgehead atoms. The van der Waals surface area contributed by atoms with E-state index in [0.717, 1.165) is 18.4 Å². The third-order valence-electron chi connectivity index (χ3n) is 2.83. The molecule has 1 aromatic carbocycles. The maximum atomic E-state index is 11.3. The standard InChI is InChI=1S/C15H22O3/c1-5-6-9-18-13-8-7-11(15(2,3)4)10-12(13)14(16)17/h7-8,10H,5-6,9H2,1-4H3,(H,16,17). The highest BCUT2D eigenvalue weighted by atomic mass is 16.5. The van der Waals surface area contributed by atoms with Crippen molar-refractivity contribution in [3.05, 3.63) is 29.3 Å². The minimum atomic E-state index is -0.937. The van der Waals surface area contributed by atoms with Gasteiger partial charge in [-0.3, -0.25) is 0 Å². The minimum absolute atomic E-state index is 0.0633. The summed E-state index contributed by atoms with van der Waals surface area (Å²) in [4.78, 5) is 11.3. The fourth-order valence-corrected chi connectivity index (χ4v) is 1.62. The molecule has 0 heterocycles. The van der Waals surface area contributed by atoms with Crippen molar-refractivity contribution in [1.29, 1.82) is 0 Å². The number of benzene rings is 1. The molecule has 3 heteroatoms. The van der Waals surface area contributed by atoms with E-state index >= 15 is 0 Å². The number of carbonyl (C=O) groups is 1. The summed E-state index contributed by atoms with van der Waals surface area (Å²) in [5.41, 5.74) is 1.19. The summed E-state index contributed by atoms with van der Waals surface area (Å²) in [5, 5.41) is 9.23. The number of hydrogen-bond acceptors (Lipinski definition) is 2. The van der Waals surface area contributed by atoms with Crippen molar-refractivity contribution in [2.75, 3.05) is 6.61 Å². The molecule has 0 saturated carbocycles. The number of ether oxygens (including phenoxy) is 1. The summed E-state index contributed by atoms with van der Waals surface area (Å²) in [6, 6.07) is 5.41. The molecule has 0 fully saturated rings. The summed E-state index contributed by atoms with van der Waals surface area (Å²) in [6.07, 6.45) is 1.96. The molecule has 0 unspecified atom stereocenters. The molecular weight excluding hydrogens is 228 g/mol. The first kappa shape index (κ1) is 14.6. The van der Waals surface area contributed by atoms with Crippen molar-refractivity contribution in [3.8, 4) is 5.75 Å². The van der Waals surface area contributed by atoms with Crippen molar-refractivity contribution in [2.24, 2.45) is 0 Å². The number of hydrogen-bond donors (Lipinski definition) is 1. The second kappa shape index (κ2) is 5.89. The van der Waals surface area contributed by atoms with Gasteiger partial charge in [0.15, 0.2) is 0 Å². The molecule has 0 spiro atoms. The lowest BCUT2D eigenvalue weighted by Crippen LogP contribution is -2.13. The van der Waals surface area contributed by atoms with Crippen molar-refractivity contribution >= 4 is 5.97 Å². The van der Waals surface area contributed by atoms with Gasteiger partial charge in [0.25, 0.3) is 0 Å². The van der Waals surface area contributed by atoms with Gasteiger partial charge in [0.1, 0.15) is 11.3 Å². The van der Waals surface area contributed by atoms with Crippen LogP contribution in [0.5, 0.6) is 5.75 Å². The normalized spacial score (nSPS) is 11.3. The third-order valence-corrected chi connectivity index (χ3v) is 2.83. The SMILES string of the molecule is CCCCOc1ccc(C(C)(C)C)cc1C(=O)O. The lowest BCUT2D eigenvalue weighted by atomic mass is 9.86. The molecule has 0 saturated heterocycles. The quantitative estimate of drug-likeness (QED) is 0.807. The Balaban J connectivity index is 3.01. The van der Waals surface area contributed by atoms with Gasteiger partial charge in [-0.2, -0.15) is 0 Å². The Morgan fingerprint density at radius 1 is 1.33 bits per heavy atom. The van der Waals surface area contributed by atoms with Gasteiger partial charge in [-0.25, -0.2) is 4.79 Å². The Hall–Kier alpha value is -1.51. The van der Waals surface area contributed by atoms with E-state index in [-0.39, 0.29) is 11.0 Å². The van der Waals surface area contributed by atoms with Crippen molar-refractivity contribution in [1.82, 2.24) is 0 Å². The Morgan fingerprint density at radius 3 is 2.50 bits per heavy atom. The van der Waals surface area contributed by atoms with Crippen LogP contribution in [0.3, 0.4) is 0 Å². The summed E-state index contributed by atoms with van der Waals surface area (Å²) < 4.78 is 5.53. The molecule has 0 atom stereocenters. The highest BCUT2D eigenvalue weighted by Gasteiger charge is 2.18. The van der Waals surface area contributed by atoms with Gasteiger partial charge >= 0.3 is 5.97 Å². The zero-order chi connectivity index (χ0) is 13.8. The molecule has 3 nitrogen and oxygen atoms in total. The zero-order valence-corrected chi connectivity index (χ0v) is 11.6. The summed E-state index contributed by atoms with van der Waals surface area (Å²) in [7, 11) is 0. The second-order valence-corrected chi connectivity index (χ2v) is 5.47. The Bertz CT molecular complexity index is 416. The van der Waals surface area contributed by atoms with Crippen LogP contribution in [0.4, 0.5) is 0 Å². The van der Waals surface area contributed by atoms with Gasteiger partial charge in [-0.1, -0.05) is 40.2 Å². The van der Waals surface area contributed by atoms with Crippen LogP contribution in [0.15, 0.2) is 18.2 Å². The van der Waals surface area contributed by atoms with Gasteiger partial charge < -0.3 is 9.84 Å². The minimum Gasteiger partial charge on any atom is -0.493 e. The number of carboxylic acids is 1. The molecule has 0 amide bonds. The monoisotopic (exact) mass is 250 g/mol. The first-order chi connectivity index (χ1) is 8.36. The lowest BCUT2D eigenvalue weighted by molar-refractivity contribution is 0.0692. The van der Waals surface area contributed by atoms with E-state index in [1.165, 1.54) is 0 Å². The first-order valence-corrected chi connectivity index (χ1v) is 6.37. The van der Waals surface area contributed by atoms with E-state index in [0.29, 0.717) is 12.4 Å². The maximum absolute atomic E-state index is 11.3. The van der Waals surface area contributed by atoms with Crippen LogP contribution in [0.25, 0.3) is 0 Å². The van der Waals surface area contributed by atoms with Crippen LogP contribution in [-0.2, 0) is 5.41 Å². The van der Waals surface area contributed by atoms with Gasteiger partial charge in [0, 0.05) is 0 Å². The average molecular weight is 250 g/mol. The van der Waals surface area contributed by atoms with Gasteiger partial charge in [-0.05, 0) is 29.5 Å². The van der Waals surface area contributed by atoms with Crippen LogP contribution in [0, 0.1) is 0 Å². The zero-order valence-electron chi connectivity index (χ0n) is 11.6. The molecule has 18 heavy (non-hydrogen) atoms. The van der Waals surface area contributed by atoms with E-state index in [4.69, 9.17) is 4.74 Å². The molecular formula is C15H22O3. The highest BCUT2D eigenvalue weighted by molar-refractivity contribution is 5.91. The molecule has 0 aliphatic heterocycles. The van der Waals surface area contributed by atoms with Crippen LogP contribution < -0.4 is 4.74 Å². The molecule has 1 rings (SSSR count). The molecule has 0 radical (unpaired) electrons. The van der Waals surface area contributed by atoms with Crippen molar-refractivity contribution in [3.63, 3.8) is 0 Å². The van der Waals surface area contributed by atoms with E-state index in [9.17, 15) is 9.90 Å². The average Bonchev–Trinajstić information content (AvgIpc) is 2.28. The van der Waals surface area contributed by atoms with E-state index in [2.05, 4.69) is 27.7 Å². The molecule has 0 aliphatic rings. The molecule has 0 aliphatic carbocycles. The van der Waals surface area contributed by atoms with Gasteiger partial charge in [-0.15, -0.1) is 0 Å². The van der Waals surface area contributed by atoms with Gasteiger partial charge in [0.2, 0.25) is 0 Å². The highest BCUT2D eigenvalue weighted by Crippen LogP contribution is 2.28. The predicted molar refractivity (Wildman–Crippen MR) is 72.5 cm³/mol. The van der Waals surface area contributed by atoms with E-state index in [1.54, 1.807) is 12.1 Å². The summed E-state index contributed by atoms with van der Waals surface area (Å²) in [6.45, 7) is 8.82. The Kier molecular flexibility index (Phi) is 4.76. The number of aromatic carboxylic acids is 1. The third kappa shape index (κ3) is 3.76. The summed E-state index contributed by atoms with van der Waals surface area (Å²) >= 11 is 0. The van der Waals surface area contributed by atoms with E-state index in [1.807, 2.05) is 6.07 Å². The fraction of sp³-hybridized carbons (Fsp3) is 0.533. The lowest BCUT2D eigenvalue weighted by Gasteiger charge is -2.20. The smallest absolute Gasteiger partial charge is 0.339 e. The second-order valence-electron chi connectivity index (χ2n) is 5.47. The van der Waals surface area contributed by atoms with Crippen LogP contribution >= 0.6 is 0 Å². The molecule has 1 N–H and O–H groups in total. The predicted octanol–water partition coefficient (Wildman–Crippen LogP) is 3.86. The largest absolute Gasteiger partial charge is 0.493 e. The number of unbranched alkanes of at least 4 members (excludes halogenated alkanes) is 1. The van der Waals surface area contributed by atoms with E-state index < -0.39 is 5.97 Å². The number of carboxylic acid groups (broad SMARTS) is 1. The Morgan fingerprint density at radius 2 is 2.00 bits per heavy atom. The van der Waals surface area contributed by atoms with Crippen molar-refractivity contribution < 1.29 is 14.6 Å².